The third-order valence-corrected chi connectivity index (χ3v) is 4.96. The molecule has 0 amide bonds. The van der Waals surface area contributed by atoms with E-state index in [9.17, 15) is 5.11 Å². The maximum atomic E-state index is 10.0. The quantitative estimate of drug-likeness (QED) is 0.529. The highest BCUT2D eigenvalue weighted by atomic mass is 35.5. The van der Waals surface area contributed by atoms with Crippen LogP contribution in [-0.2, 0) is 11.2 Å². The Morgan fingerprint density at radius 3 is 2.57 bits per heavy atom. The zero-order valence-corrected chi connectivity index (χ0v) is 17.8. The summed E-state index contributed by atoms with van der Waals surface area (Å²) in [4.78, 5) is 9.08. The summed E-state index contributed by atoms with van der Waals surface area (Å²) < 4.78 is 5.00. The van der Waals surface area contributed by atoms with Gasteiger partial charge in [0.15, 0.2) is 5.15 Å². The number of ether oxygens (including phenoxy) is 1. The van der Waals surface area contributed by atoms with Gasteiger partial charge < -0.3 is 20.5 Å². The zero-order valence-electron chi connectivity index (χ0n) is 17.1. The van der Waals surface area contributed by atoms with Crippen LogP contribution >= 0.6 is 11.6 Å². The van der Waals surface area contributed by atoms with Gasteiger partial charge in [0.1, 0.15) is 5.82 Å². The van der Waals surface area contributed by atoms with Crippen molar-refractivity contribution in [3.05, 3.63) is 52.9 Å². The summed E-state index contributed by atoms with van der Waals surface area (Å²) >= 11 is 6.50. The fraction of sp³-hybridized carbons (Fsp3) is 0.524. The van der Waals surface area contributed by atoms with Crippen molar-refractivity contribution < 1.29 is 9.84 Å². The number of aliphatic hydroxyl groups excluding tert-OH is 1. The van der Waals surface area contributed by atoms with Gasteiger partial charge in [-0.2, -0.15) is 0 Å². The van der Waals surface area contributed by atoms with E-state index in [2.05, 4.69) is 53.5 Å². The molecule has 0 aliphatic rings. The van der Waals surface area contributed by atoms with E-state index in [1.807, 2.05) is 18.2 Å². The first-order valence-corrected chi connectivity index (χ1v) is 9.97. The second kappa shape index (κ2) is 10.7. The lowest BCUT2D eigenvalue weighted by Gasteiger charge is -2.26. The molecule has 2 rings (SSSR count). The normalized spacial score (nSPS) is 13.9. The monoisotopic (exact) mass is 406 g/mol. The van der Waals surface area contributed by atoms with Gasteiger partial charge in [-0.1, -0.05) is 48.9 Å². The molecule has 0 radical (unpaired) electrons. The van der Waals surface area contributed by atoms with Gasteiger partial charge in [0.25, 0.3) is 0 Å². The predicted octanol–water partition coefficient (Wildman–Crippen LogP) is 3.61. The van der Waals surface area contributed by atoms with Crippen molar-refractivity contribution in [1.82, 2.24) is 15.3 Å². The third-order valence-electron chi connectivity index (χ3n) is 4.68. The van der Waals surface area contributed by atoms with E-state index in [1.165, 1.54) is 0 Å². The first-order chi connectivity index (χ1) is 13.3. The summed E-state index contributed by atoms with van der Waals surface area (Å²) in [7, 11) is 1.57. The molecule has 1 heterocycles. The number of aromatic nitrogens is 2. The van der Waals surface area contributed by atoms with E-state index in [4.69, 9.17) is 16.3 Å². The zero-order chi connectivity index (χ0) is 20.6. The first kappa shape index (κ1) is 22.6. The van der Waals surface area contributed by atoms with E-state index >= 15 is 0 Å². The van der Waals surface area contributed by atoms with E-state index in [0.717, 1.165) is 12.0 Å². The summed E-state index contributed by atoms with van der Waals surface area (Å²) in [6.07, 6.45) is 2.73. The molecule has 0 aliphatic heterocycles. The van der Waals surface area contributed by atoms with Crippen LogP contribution in [0.1, 0.15) is 44.5 Å². The Morgan fingerprint density at radius 2 is 1.96 bits per heavy atom. The molecule has 2 atom stereocenters. The predicted molar refractivity (Wildman–Crippen MR) is 114 cm³/mol. The minimum atomic E-state index is -0.610. The van der Waals surface area contributed by atoms with Gasteiger partial charge in [0, 0.05) is 19.2 Å². The lowest BCUT2D eigenvalue weighted by Crippen LogP contribution is -2.34. The van der Waals surface area contributed by atoms with Crippen molar-refractivity contribution in [3.63, 3.8) is 0 Å². The second-order valence-electron chi connectivity index (χ2n) is 7.55. The maximum Gasteiger partial charge on any atom is 0.154 e. The second-order valence-corrected chi connectivity index (χ2v) is 7.91. The van der Waals surface area contributed by atoms with Gasteiger partial charge in [0.05, 0.1) is 30.6 Å². The fourth-order valence-electron chi connectivity index (χ4n) is 2.75. The number of aliphatic hydroxyl groups is 1. The number of rotatable bonds is 11. The molecule has 6 nitrogen and oxygen atoms in total. The SMILES string of the molecule is CCC(C)(C)Nc1cnc(C(Cc2ccccc2)NC[C@@H](O)COC)c(Cl)n1. The Hall–Kier alpha value is -1.73. The number of nitrogens with one attached hydrogen (secondary N) is 2. The van der Waals surface area contributed by atoms with Crippen molar-refractivity contribution in [2.45, 2.75) is 51.3 Å². The Kier molecular flexibility index (Phi) is 8.63. The summed E-state index contributed by atoms with van der Waals surface area (Å²) in [5, 5.41) is 17.1. The highest BCUT2D eigenvalue weighted by Crippen LogP contribution is 2.25. The molecule has 0 saturated carbocycles. The fourth-order valence-corrected chi connectivity index (χ4v) is 3.02. The van der Waals surface area contributed by atoms with Crippen LogP contribution in [0.15, 0.2) is 36.5 Å². The van der Waals surface area contributed by atoms with Crippen molar-refractivity contribution in [1.29, 1.82) is 0 Å². The van der Waals surface area contributed by atoms with E-state index < -0.39 is 6.10 Å². The number of anilines is 1. The van der Waals surface area contributed by atoms with Crippen LogP contribution in [0.25, 0.3) is 0 Å². The van der Waals surface area contributed by atoms with Crippen LogP contribution in [-0.4, -0.2) is 47.0 Å². The molecule has 0 bridgehead atoms. The molecule has 28 heavy (non-hydrogen) atoms. The molecule has 1 unspecified atom stereocenters. The standard InChI is InChI=1S/C21H31ClN4O2/c1-5-21(2,3)26-18-13-24-19(20(22)25-18)17(23-12-16(27)14-28-4)11-15-9-7-6-8-10-15/h6-10,13,16-17,23,27H,5,11-12,14H2,1-4H3,(H,25,26)/t16-,17?/m1/s1. The average Bonchev–Trinajstić information content (AvgIpc) is 2.66. The van der Waals surface area contributed by atoms with Gasteiger partial charge in [0.2, 0.25) is 0 Å². The van der Waals surface area contributed by atoms with E-state index in [-0.39, 0.29) is 18.2 Å². The van der Waals surface area contributed by atoms with Crippen LogP contribution in [0, 0.1) is 0 Å². The molecule has 7 heteroatoms. The van der Waals surface area contributed by atoms with Crippen molar-refractivity contribution in [2.24, 2.45) is 0 Å². The van der Waals surface area contributed by atoms with Gasteiger partial charge in [-0.3, -0.25) is 4.98 Å². The molecule has 1 aromatic carbocycles. The first-order valence-electron chi connectivity index (χ1n) is 9.59. The van der Waals surface area contributed by atoms with Gasteiger partial charge >= 0.3 is 0 Å². The number of halogens is 1. The highest BCUT2D eigenvalue weighted by Gasteiger charge is 2.21. The summed E-state index contributed by atoms with van der Waals surface area (Å²) in [6.45, 7) is 6.95. The Labute approximate surface area is 172 Å². The molecule has 0 saturated heterocycles. The van der Waals surface area contributed by atoms with Crippen LogP contribution < -0.4 is 10.6 Å². The third kappa shape index (κ3) is 7.02. The highest BCUT2D eigenvalue weighted by molar-refractivity contribution is 6.30. The molecule has 2 aromatic rings. The van der Waals surface area contributed by atoms with Gasteiger partial charge in [-0.05, 0) is 32.3 Å². The lowest BCUT2D eigenvalue weighted by atomic mass is 10.0. The minimum Gasteiger partial charge on any atom is -0.389 e. The number of methoxy groups -OCH3 is 1. The van der Waals surface area contributed by atoms with E-state index in [1.54, 1.807) is 13.3 Å². The number of nitrogens with zero attached hydrogens (tertiary/aromatic N) is 2. The molecular weight excluding hydrogens is 376 g/mol. The molecule has 1 aromatic heterocycles. The van der Waals surface area contributed by atoms with Crippen LogP contribution in [0.3, 0.4) is 0 Å². The molecule has 3 N–H and O–H groups in total. The molecule has 154 valence electrons. The summed E-state index contributed by atoms with van der Waals surface area (Å²) in [6, 6.07) is 9.92. The lowest BCUT2D eigenvalue weighted by molar-refractivity contribution is 0.0626. The van der Waals surface area contributed by atoms with Gasteiger partial charge in [-0.15, -0.1) is 0 Å². The molecule has 0 fully saturated rings. The largest absolute Gasteiger partial charge is 0.389 e. The summed E-state index contributed by atoms with van der Waals surface area (Å²) in [5.74, 6) is 0.651. The average molecular weight is 407 g/mol. The summed E-state index contributed by atoms with van der Waals surface area (Å²) in [5.41, 5.74) is 1.72. The van der Waals surface area contributed by atoms with Crippen LogP contribution in [0.5, 0.6) is 0 Å². The maximum absolute atomic E-state index is 10.0. The smallest absolute Gasteiger partial charge is 0.154 e. The van der Waals surface area contributed by atoms with Crippen molar-refractivity contribution in [3.8, 4) is 0 Å². The minimum absolute atomic E-state index is 0.0918. The number of hydrogen-bond acceptors (Lipinski definition) is 6. The van der Waals surface area contributed by atoms with Crippen LogP contribution in [0.4, 0.5) is 5.82 Å². The Morgan fingerprint density at radius 1 is 1.25 bits per heavy atom. The number of benzene rings is 1. The molecular formula is C21H31ClN4O2. The number of hydrogen-bond donors (Lipinski definition) is 3. The van der Waals surface area contributed by atoms with Gasteiger partial charge in [-0.25, -0.2) is 4.98 Å². The Bertz CT molecular complexity index is 728. The van der Waals surface area contributed by atoms with E-state index in [0.29, 0.717) is 29.6 Å². The Balaban J connectivity index is 2.21. The molecule has 0 spiro atoms. The topological polar surface area (TPSA) is 79.3 Å². The van der Waals surface area contributed by atoms with Crippen LogP contribution in [0.2, 0.25) is 5.15 Å². The van der Waals surface area contributed by atoms with Crippen molar-refractivity contribution in [2.75, 3.05) is 25.6 Å². The molecule has 0 aliphatic carbocycles. The van der Waals surface area contributed by atoms with Crippen molar-refractivity contribution >= 4 is 17.4 Å².